The molecule has 0 aliphatic heterocycles. The van der Waals surface area contributed by atoms with Crippen LogP contribution in [0.1, 0.15) is 5.56 Å². The molecule has 1 aromatic rings. The summed E-state index contributed by atoms with van der Waals surface area (Å²) < 4.78 is 20.4. The minimum atomic E-state index is -0.501. The molecule has 1 rings (SSSR count). The molecule has 0 amide bonds. The van der Waals surface area contributed by atoms with Gasteiger partial charge >= 0.3 is 5.97 Å². The molecule has 0 aliphatic carbocycles. The van der Waals surface area contributed by atoms with Crippen LogP contribution in [0.15, 0.2) is 30.9 Å². The molecule has 0 unspecified atom stereocenters. The van der Waals surface area contributed by atoms with E-state index in [4.69, 9.17) is 18.9 Å². The normalized spacial score (nSPS) is 10.2. The molecule has 0 bridgehead atoms. The second kappa shape index (κ2) is 7.89. The molecule has 0 heterocycles. The SMILES string of the molecule is C=C[CH]OC(=O)C=Cc1cc(OC)c(OC)c(OC)c1. The quantitative estimate of drug-likeness (QED) is 0.566. The molecule has 1 aromatic carbocycles. The van der Waals surface area contributed by atoms with Gasteiger partial charge in [-0.2, -0.15) is 0 Å². The lowest BCUT2D eigenvalue weighted by molar-refractivity contribution is -0.133. The lowest BCUT2D eigenvalue weighted by Gasteiger charge is -2.12. The smallest absolute Gasteiger partial charge is 0.331 e. The maximum Gasteiger partial charge on any atom is 0.331 e. The maximum absolute atomic E-state index is 11.3. The van der Waals surface area contributed by atoms with Crippen LogP contribution < -0.4 is 14.2 Å². The van der Waals surface area contributed by atoms with Crippen molar-refractivity contribution >= 4 is 12.0 Å². The van der Waals surface area contributed by atoms with Gasteiger partial charge in [-0.15, -0.1) is 0 Å². The summed E-state index contributed by atoms with van der Waals surface area (Å²) in [7, 11) is 4.58. The van der Waals surface area contributed by atoms with Gasteiger partial charge in [-0.3, -0.25) is 0 Å². The minimum Gasteiger partial charge on any atom is -0.493 e. The summed E-state index contributed by atoms with van der Waals surface area (Å²) in [4.78, 5) is 11.3. The lowest BCUT2D eigenvalue weighted by atomic mass is 10.1. The van der Waals surface area contributed by atoms with E-state index < -0.39 is 5.97 Å². The molecule has 0 spiro atoms. The van der Waals surface area contributed by atoms with Gasteiger partial charge in [0.25, 0.3) is 0 Å². The van der Waals surface area contributed by atoms with Crippen molar-refractivity contribution in [2.24, 2.45) is 0 Å². The fraction of sp³-hybridized carbons (Fsp3) is 0.200. The maximum atomic E-state index is 11.3. The average molecular weight is 277 g/mol. The summed E-state index contributed by atoms with van der Waals surface area (Å²) in [5.41, 5.74) is 0.718. The Hall–Kier alpha value is -2.43. The molecule has 1 radical (unpaired) electrons. The fourth-order valence-corrected chi connectivity index (χ4v) is 1.52. The molecule has 0 fully saturated rings. The zero-order valence-corrected chi connectivity index (χ0v) is 11.7. The Bertz CT molecular complexity index is 480. The van der Waals surface area contributed by atoms with Gasteiger partial charge in [0, 0.05) is 6.08 Å². The Morgan fingerprint density at radius 3 is 2.15 bits per heavy atom. The van der Waals surface area contributed by atoms with E-state index in [1.807, 2.05) is 0 Å². The van der Waals surface area contributed by atoms with E-state index in [9.17, 15) is 4.79 Å². The predicted octanol–water partition coefficient (Wildman–Crippen LogP) is 2.62. The van der Waals surface area contributed by atoms with E-state index in [-0.39, 0.29) is 0 Å². The molecular formula is C15H17O5. The van der Waals surface area contributed by atoms with Crippen molar-refractivity contribution in [3.05, 3.63) is 43.0 Å². The van der Waals surface area contributed by atoms with E-state index in [2.05, 4.69) is 6.58 Å². The van der Waals surface area contributed by atoms with Gasteiger partial charge in [-0.25, -0.2) is 4.79 Å². The van der Waals surface area contributed by atoms with E-state index in [1.54, 1.807) is 18.2 Å². The second-order valence-electron chi connectivity index (χ2n) is 3.60. The van der Waals surface area contributed by atoms with Gasteiger partial charge in [0.1, 0.15) is 0 Å². The fourth-order valence-electron chi connectivity index (χ4n) is 1.52. The Morgan fingerprint density at radius 1 is 1.10 bits per heavy atom. The summed E-state index contributed by atoms with van der Waals surface area (Å²) in [5.74, 6) is 1.02. The van der Waals surface area contributed by atoms with Crippen LogP contribution in [0.25, 0.3) is 6.08 Å². The van der Waals surface area contributed by atoms with Gasteiger partial charge in [-0.1, -0.05) is 6.58 Å². The Labute approximate surface area is 118 Å². The van der Waals surface area contributed by atoms with Crippen LogP contribution in [0.4, 0.5) is 0 Å². The lowest BCUT2D eigenvalue weighted by Crippen LogP contribution is -1.97. The van der Waals surface area contributed by atoms with E-state index in [1.165, 1.54) is 40.1 Å². The molecule has 5 heteroatoms. The van der Waals surface area contributed by atoms with E-state index in [0.29, 0.717) is 17.2 Å². The van der Waals surface area contributed by atoms with Gasteiger partial charge in [0.2, 0.25) is 5.75 Å². The summed E-state index contributed by atoms with van der Waals surface area (Å²) in [6, 6.07) is 3.45. The van der Waals surface area contributed by atoms with Gasteiger partial charge in [0.15, 0.2) is 18.1 Å². The van der Waals surface area contributed by atoms with Crippen LogP contribution >= 0.6 is 0 Å². The molecule has 20 heavy (non-hydrogen) atoms. The van der Waals surface area contributed by atoms with Crippen molar-refractivity contribution in [3.8, 4) is 17.2 Å². The number of ether oxygens (including phenoxy) is 4. The number of benzene rings is 1. The zero-order chi connectivity index (χ0) is 15.0. The van der Waals surface area contributed by atoms with Gasteiger partial charge in [0.05, 0.1) is 21.3 Å². The third-order valence-corrected chi connectivity index (χ3v) is 2.38. The Morgan fingerprint density at radius 2 is 1.70 bits per heavy atom. The number of methoxy groups -OCH3 is 3. The van der Waals surface area contributed by atoms with Crippen molar-refractivity contribution in [1.29, 1.82) is 0 Å². The van der Waals surface area contributed by atoms with E-state index in [0.717, 1.165) is 5.56 Å². The summed E-state index contributed by atoms with van der Waals surface area (Å²) in [6.07, 6.45) is 4.26. The van der Waals surface area contributed by atoms with Crippen LogP contribution in [-0.4, -0.2) is 27.3 Å². The monoisotopic (exact) mass is 277 g/mol. The standard InChI is InChI=1S/C15H17O5/c1-5-8-20-14(16)7-6-11-9-12(17-2)15(19-4)13(10-11)18-3/h5-10H,1H2,2-4H3. The van der Waals surface area contributed by atoms with Crippen LogP contribution in [0, 0.1) is 6.61 Å². The van der Waals surface area contributed by atoms with Crippen molar-refractivity contribution in [2.75, 3.05) is 21.3 Å². The first-order chi connectivity index (χ1) is 9.65. The molecule has 0 saturated carbocycles. The van der Waals surface area contributed by atoms with Gasteiger partial charge in [-0.05, 0) is 29.8 Å². The number of hydrogen-bond acceptors (Lipinski definition) is 5. The highest BCUT2D eigenvalue weighted by atomic mass is 16.5. The average Bonchev–Trinajstić information content (AvgIpc) is 2.49. The summed E-state index contributed by atoms with van der Waals surface area (Å²) in [6.45, 7) is 4.62. The number of esters is 1. The topological polar surface area (TPSA) is 54.0 Å². The molecule has 0 saturated heterocycles. The van der Waals surface area contributed by atoms with Crippen molar-refractivity contribution in [2.45, 2.75) is 0 Å². The van der Waals surface area contributed by atoms with Crippen molar-refractivity contribution in [3.63, 3.8) is 0 Å². The van der Waals surface area contributed by atoms with Crippen LogP contribution in [0.2, 0.25) is 0 Å². The van der Waals surface area contributed by atoms with Gasteiger partial charge < -0.3 is 18.9 Å². The van der Waals surface area contributed by atoms with Crippen molar-refractivity contribution < 1.29 is 23.7 Å². The van der Waals surface area contributed by atoms with Crippen LogP contribution in [-0.2, 0) is 9.53 Å². The minimum absolute atomic E-state index is 0.495. The molecule has 107 valence electrons. The highest BCUT2D eigenvalue weighted by molar-refractivity contribution is 5.87. The molecule has 0 aromatic heterocycles. The van der Waals surface area contributed by atoms with E-state index >= 15 is 0 Å². The molecular weight excluding hydrogens is 260 g/mol. The third kappa shape index (κ3) is 4.05. The Balaban J connectivity index is 2.98. The third-order valence-electron chi connectivity index (χ3n) is 2.38. The summed E-state index contributed by atoms with van der Waals surface area (Å²) >= 11 is 0. The summed E-state index contributed by atoms with van der Waals surface area (Å²) in [5, 5.41) is 0. The van der Waals surface area contributed by atoms with Crippen LogP contribution in [0.3, 0.4) is 0 Å². The first-order valence-corrected chi connectivity index (χ1v) is 5.79. The Kier molecular flexibility index (Phi) is 6.16. The number of hydrogen-bond donors (Lipinski definition) is 0. The van der Waals surface area contributed by atoms with Crippen LogP contribution in [0.5, 0.6) is 17.2 Å². The molecule has 0 aliphatic rings. The number of rotatable bonds is 7. The highest BCUT2D eigenvalue weighted by Gasteiger charge is 2.12. The zero-order valence-electron chi connectivity index (χ0n) is 11.7. The highest BCUT2D eigenvalue weighted by Crippen LogP contribution is 2.38. The first kappa shape index (κ1) is 15.6. The molecule has 5 nitrogen and oxygen atoms in total. The second-order valence-corrected chi connectivity index (χ2v) is 3.60. The predicted molar refractivity (Wildman–Crippen MR) is 75.7 cm³/mol. The first-order valence-electron chi connectivity index (χ1n) is 5.79. The number of carbonyl (C=O) groups excluding carboxylic acids is 1. The number of carbonyl (C=O) groups is 1. The largest absolute Gasteiger partial charge is 0.493 e. The molecule has 0 N–H and O–H groups in total. The molecule has 0 atom stereocenters. The van der Waals surface area contributed by atoms with Crippen molar-refractivity contribution in [1.82, 2.24) is 0 Å².